The van der Waals surface area contributed by atoms with Crippen molar-refractivity contribution >= 4 is 6.03 Å². The second-order valence-electron chi connectivity index (χ2n) is 8.28. The molecule has 4 heteroatoms. The maximum absolute atomic E-state index is 12.5. The Morgan fingerprint density at radius 2 is 1.65 bits per heavy atom. The van der Waals surface area contributed by atoms with Gasteiger partial charge in [-0.05, 0) is 46.0 Å². The number of hydrogen-bond donors (Lipinski definition) is 2. The van der Waals surface area contributed by atoms with Crippen molar-refractivity contribution in [1.29, 1.82) is 0 Å². The van der Waals surface area contributed by atoms with E-state index in [9.17, 15) is 4.79 Å². The Bertz CT molecular complexity index is 373. The lowest BCUT2D eigenvalue weighted by Gasteiger charge is -2.54. The van der Waals surface area contributed by atoms with Crippen LogP contribution in [-0.2, 0) is 0 Å². The first-order valence-electron chi connectivity index (χ1n) is 7.39. The molecule has 0 aromatic heterocycles. The molecule has 0 spiro atoms. The molecular weight excluding hydrogens is 250 g/mol. The van der Waals surface area contributed by atoms with E-state index in [4.69, 9.17) is 5.73 Å². The molecular formula is C16H31N3O. The molecule has 0 atom stereocenters. The average molecular weight is 281 g/mol. The number of piperidine rings is 1. The standard InChI is InChI=1S/C16H31N3O/c1-14(2,3)8-9-18-13(20)19-15(4,5)10-12(17)11-16(19,6)7/h8-9,12H,10-11,17H2,1-7H3,(H,18,20)/b9-8+. The largest absolute Gasteiger partial charge is 0.328 e. The monoisotopic (exact) mass is 281 g/mol. The Kier molecular flexibility index (Phi) is 4.59. The second-order valence-corrected chi connectivity index (χ2v) is 8.28. The molecule has 4 nitrogen and oxygen atoms in total. The van der Waals surface area contributed by atoms with Crippen molar-refractivity contribution in [3.05, 3.63) is 12.3 Å². The van der Waals surface area contributed by atoms with Gasteiger partial charge in [0.1, 0.15) is 0 Å². The number of hydrogen-bond acceptors (Lipinski definition) is 2. The summed E-state index contributed by atoms with van der Waals surface area (Å²) in [5, 5.41) is 2.90. The Labute approximate surface area is 123 Å². The molecule has 1 aliphatic rings. The van der Waals surface area contributed by atoms with Gasteiger partial charge in [0, 0.05) is 23.3 Å². The van der Waals surface area contributed by atoms with E-state index in [1.807, 2.05) is 11.0 Å². The van der Waals surface area contributed by atoms with Crippen LogP contribution in [0, 0.1) is 5.41 Å². The predicted octanol–water partition coefficient (Wildman–Crippen LogP) is 3.24. The van der Waals surface area contributed by atoms with E-state index < -0.39 is 0 Å². The fourth-order valence-corrected chi connectivity index (χ4v) is 3.33. The van der Waals surface area contributed by atoms with Gasteiger partial charge in [-0.1, -0.05) is 26.8 Å². The fourth-order valence-electron chi connectivity index (χ4n) is 3.33. The van der Waals surface area contributed by atoms with Gasteiger partial charge in [-0.2, -0.15) is 0 Å². The van der Waals surface area contributed by atoms with Crippen molar-refractivity contribution in [3.63, 3.8) is 0 Å². The first-order chi connectivity index (χ1) is 8.85. The highest BCUT2D eigenvalue weighted by Crippen LogP contribution is 2.37. The molecule has 0 bridgehead atoms. The minimum absolute atomic E-state index is 0.0487. The van der Waals surface area contributed by atoms with E-state index in [2.05, 4.69) is 53.8 Å². The smallest absolute Gasteiger partial charge is 0.322 e. The van der Waals surface area contributed by atoms with Crippen LogP contribution in [0.2, 0.25) is 0 Å². The summed E-state index contributed by atoms with van der Waals surface area (Å²) >= 11 is 0. The van der Waals surface area contributed by atoms with Crippen LogP contribution >= 0.6 is 0 Å². The van der Waals surface area contributed by atoms with Gasteiger partial charge < -0.3 is 16.0 Å². The molecule has 0 radical (unpaired) electrons. The molecule has 20 heavy (non-hydrogen) atoms. The Balaban J connectivity index is 2.86. The molecule has 0 unspecified atom stereocenters. The molecule has 0 aromatic carbocycles. The number of amides is 2. The van der Waals surface area contributed by atoms with E-state index in [1.165, 1.54) is 0 Å². The summed E-state index contributed by atoms with van der Waals surface area (Å²) in [6.07, 6.45) is 5.41. The molecule has 1 rings (SSSR count). The van der Waals surface area contributed by atoms with Gasteiger partial charge in [-0.3, -0.25) is 0 Å². The van der Waals surface area contributed by atoms with Crippen molar-refractivity contribution in [3.8, 4) is 0 Å². The van der Waals surface area contributed by atoms with Crippen LogP contribution in [-0.4, -0.2) is 28.1 Å². The van der Waals surface area contributed by atoms with Crippen molar-refractivity contribution in [2.75, 3.05) is 0 Å². The van der Waals surface area contributed by atoms with E-state index in [-0.39, 0.29) is 28.6 Å². The Hall–Kier alpha value is -1.03. The van der Waals surface area contributed by atoms with Crippen LogP contribution in [0.1, 0.15) is 61.3 Å². The number of urea groups is 1. The summed E-state index contributed by atoms with van der Waals surface area (Å²) < 4.78 is 0. The van der Waals surface area contributed by atoms with E-state index in [0.717, 1.165) is 12.8 Å². The SMILES string of the molecule is CC(C)(C)/C=C/NC(=O)N1C(C)(C)CC(N)CC1(C)C. The third-order valence-electron chi connectivity index (χ3n) is 3.73. The zero-order valence-electron chi connectivity index (χ0n) is 14.1. The van der Waals surface area contributed by atoms with Crippen LogP contribution in [0.5, 0.6) is 0 Å². The molecule has 0 saturated carbocycles. The van der Waals surface area contributed by atoms with E-state index in [1.54, 1.807) is 6.20 Å². The lowest BCUT2D eigenvalue weighted by Crippen LogP contribution is -2.66. The molecule has 0 aliphatic carbocycles. The zero-order chi connectivity index (χ0) is 15.8. The minimum Gasteiger partial charge on any atom is -0.328 e. The number of nitrogens with zero attached hydrogens (tertiary/aromatic N) is 1. The third kappa shape index (κ3) is 4.23. The Morgan fingerprint density at radius 3 is 2.05 bits per heavy atom. The number of carbonyl (C=O) groups is 1. The van der Waals surface area contributed by atoms with Gasteiger partial charge in [0.15, 0.2) is 0 Å². The lowest BCUT2D eigenvalue weighted by molar-refractivity contribution is 0.00441. The highest BCUT2D eigenvalue weighted by molar-refractivity contribution is 5.77. The number of rotatable bonds is 1. The van der Waals surface area contributed by atoms with Gasteiger partial charge in [-0.15, -0.1) is 0 Å². The zero-order valence-corrected chi connectivity index (χ0v) is 14.1. The maximum Gasteiger partial charge on any atom is 0.322 e. The van der Waals surface area contributed by atoms with E-state index in [0.29, 0.717) is 0 Å². The van der Waals surface area contributed by atoms with Crippen molar-refractivity contribution in [1.82, 2.24) is 10.2 Å². The van der Waals surface area contributed by atoms with Gasteiger partial charge in [0.05, 0.1) is 0 Å². The first kappa shape index (κ1) is 17.0. The number of allylic oxidation sites excluding steroid dienone is 1. The lowest BCUT2D eigenvalue weighted by atomic mass is 9.77. The first-order valence-corrected chi connectivity index (χ1v) is 7.39. The van der Waals surface area contributed by atoms with Crippen LogP contribution in [0.15, 0.2) is 12.3 Å². The Morgan fingerprint density at radius 1 is 1.20 bits per heavy atom. The summed E-state index contributed by atoms with van der Waals surface area (Å²) in [5.74, 6) is 0. The molecule has 1 heterocycles. The van der Waals surface area contributed by atoms with Crippen molar-refractivity contribution in [2.24, 2.45) is 11.1 Å². The topological polar surface area (TPSA) is 58.4 Å². The van der Waals surface area contributed by atoms with Gasteiger partial charge >= 0.3 is 6.03 Å². The summed E-state index contributed by atoms with van der Waals surface area (Å²) in [7, 11) is 0. The molecule has 3 N–H and O–H groups in total. The maximum atomic E-state index is 12.5. The van der Waals surface area contributed by atoms with Crippen LogP contribution in [0.4, 0.5) is 4.79 Å². The van der Waals surface area contributed by atoms with Gasteiger partial charge in [0.2, 0.25) is 0 Å². The molecule has 1 fully saturated rings. The normalized spacial score (nSPS) is 23.1. The number of likely N-dealkylation sites (tertiary alicyclic amines) is 1. The summed E-state index contributed by atoms with van der Waals surface area (Å²) in [6.45, 7) is 14.6. The highest BCUT2D eigenvalue weighted by Gasteiger charge is 2.46. The number of nitrogens with two attached hydrogens (primary N) is 1. The van der Waals surface area contributed by atoms with E-state index >= 15 is 0 Å². The quantitative estimate of drug-likeness (QED) is 0.775. The molecule has 1 aliphatic heterocycles. The molecule has 1 saturated heterocycles. The fraction of sp³-hybridized carbons (Fsp3) is 0.812. The predicted molar refractivity (Wildman–Crippen MR) is 84.3 cm³/mol. The van der Waals surface area contributed by atoms with Gasteiger partial charge in [0.25, 0.3) is 0 Å². The summed E-state index contributed by atoms with van der Waals surface area (Å²) in [4.78, 5) is 14.5. The summed E-state index contributed by atoms with van der Waals surface area (Å²) in [6, 6.07) is 0.0987. The van der Waals surface area contributed by atoms with Gasteiger partial charge in [-0.25, -0.2) is 4.79 Å². The van der Waals surface area contributed by atoms with Crippen molar-refractivity contribution in [2.45, 2.75) is 78.4 Å². The molecule has 2 amide bonds. The van der Waals surface area contributed by atoms with Crippen LogP contribution in [0.3, 0.4) is 0 Å². The molecule has 0 aromatic rings. The number of carbonyl (C=O) groups excluding carboxylic acids is 1. The molecule has 116 valence electrons. The third-order valence-corrected chi connectivity index (χ3v) is 3.73. The minimum atomic E-state index is -0.235. The highest BCUT2D eigenvalue weighted by atomic mass is 16.2. The van der Waals surface area contributed by atoms with Crippen LogP contribution < -0.4 is 11.1 Å². The number of nitrogens with one attached hydrogen (secondary N) is 1. The summed E-state index contributed by atoms with van der Waals surface area (Å²) in [5.41, 5.74) is 5.72. The average Bonchev–Trinajstić information content (AvgIpc) is 2.09. The second kappa shape index (κ2) is 5.40. The van der Waals surface area contributed by atoms with Crippen LogP contribution in [0.25, 0.3) is 0 Å². The van der Waals surface area contributed by atoms with Crippen molar-refractivity contribution < 1.29 is 4.79 Å².